The summed E-state index contributed by atoms with van der Waals surface area (Å²) in [6, 6.07) is 7.51. The summed E-state index contributed by atoms with van der Waals surface area (Å²) < 4.78 is 10.8. The fraction of sp³-hybridized carbons (Fsp3) is 0.412. The maximum absolute atomic E-state index is 12.6. The average Bonchev–Trinajstić information content (AvgIpc) is 3.02. The SMILES string of the molecule is Cc1ncc(-c2ccc(NC(=O)C3(CN)CCOCC3)cc2)o1. The smallest absolute Gasteiger partial charge is 0.232 e. The number of anilines is 1. The minimum Gasteiger partial charge on any atom is -0.441 e. The van der Waals surface area contributed by atoms with Crippen molar-refractivity contribution in [3.05, 3.63) is 36.4 Å². The first-order chi connectivity index (χ1) is 11.1. The predicted octanol–water partition coefficient (Wildman–Crippen LogP) is 2.34. The highest BCUT2D eigenvalue weighted by atomic mass is 16.5. The van der Waals surface area contributed by atoms with E-state index in [1.54, 1.807) is 13.1 Å². The van der Waals surface area contributed by atoms with E-state index in [1.165, 1.54) is 0 Å². The van der Waals surface area contributed by atoms with E-state index in [0.717, 1.165) is 11.3 Å². The number of aromatic nitrogens is 1. The summed E-state index contributed by atoms with van der Waals surface area (Å²) in [5.74, 6) is 1.30. The van der Waals surface area contributed by atoms with Crippen LogP contribution in [0.5, 0.6) is 0 Å². The number of oxazole rings is 1. The molecule has 23 heavy (non-hydrogen) atoms. The molecule has 1 aromatic heterocycles. The predicted molar refractivity (Wildman–Crippen MR) is 86.8 cm³/mol. The van der Waals surface area contributed by atoms with Crippen molar-refractivity contribution in [3.63, 3.8) is 0 Å². The average molecular weight is 315 g/mol. The second-order valence-corrected chi connectivity index (χ2v) is 5.87. The van der Waals surface area contributed by atoms with Crippen LogP contribution in [-0.4, -0.2) is 30.6 Å². The molecule has 1 fully saturated rings. The van der Waals surface area contributed by atoms with Crippen molar-refractivity contribution in [3.8, 4) is 11.3 Å². The van der Waals surface area contributed by atoms with Gasteiger partial charge in [-0.25, -0.2) is 4.98 Å². The minimum atomic E-state index is -0.529. The second-order valence-electron chi connectivity index (χ2n) is 5.87. The number of nitrogens with one attached hydrogen (secondary N) is 1. The number of nitrogens with two attached hydrogens (primary N) is 1. The summed E-state index contributed by atoms with van der Waals surface area (Å²) in [4.78, 5) is 16.7. The highest BCUT2D eigenvalue weighted by molar-refractivity contribution is 5.95. The number of nitrogens with zero attached hydrogens (tertiary/aromatic N) is 1. The number of hydrogen-bond donors (Lipinski definition) is 2. The monoisotopic (exact) mass is 315 g/mol. The number of carbonyl (C=O) groups excluding carboxylic acids is 1. The lowest BCUT2D eigenvalue weighted by molar-refractivity contribution is -0.130. The molecule has 1 aliphatic heterocycles. The van der Waals surface area contributed by atoms with E-state index in [9.17, 15) is 4.79 Å². The Hall–Kier alpha value is -2.18. The summed E-state index contributed by atoms with van der Waals surface area (Å²) in [6.45, 7) is 3.29. The first kappa shape index (κ1) is 15.7. The van der Waals surface area contributed by atoms with Crippen molar-refractivity contribution < 1.29 is 13.9 Å². The van der Waals surface area contributed by atoms with Gasteiger partial charge in [-0.05, 0) is 37.1 Å². The van der Waals surface area contributed by atoms with Crippen LogP contribution in [0.15, 0.2) is 34.9 Å². The standard InChI is InChI=1S/C17H21N3O3/c1-12-19-10-15(23-12)13-2-4-14(5-3-13)20-16(21)17(11-18)6-8-22-9-7-17/h2-5,10H,6-9,11,18H2,1H3,(H,20,21). The van der Waals surface area contributed by atoms with Gasteiger partial charge in [0.2, 0.25) is 5.91 Å². The lowest BCUT2D eigenvalue weighted by atomic mass is 9.79. The molecule has 122 valence electrons. The van der Waals surface area contributed by atoms with Gasteiger partial charge in [-0.3, -0.25) is 4.79 Å². The molecule has 0 spiro atoms. The van der Waals surface area contributed by atoms with E-state index in [0.29, 0.717) is 44.3 Å². The Morgan fingerprint density at radius 3 is 2.57 bits per heavy atom. The van der Waals surface area contributed by atoms with Gasteiger partial charge in [-0.1, -0.05) is 0 Å². The van der Waals surface area contributed by atoms with Crippen LogP contribution in [0.25, 0.3) is 11.3 Å². The molecule has 0 aliphatic carbocycles. The zero-order valence-electron chi connectivity index (χ0n) is 13.2. The number of ether oxygens (including phenoxy) is 1. The van der Waals surface area contributed by atoms with Crippen LogP contribution in [0, 0.1) is 12.3 Å². The Labute approximate surface area is 135 Å². The molecule has 2 heterocycles. The number of hydrogen-bond acceptors (Lipinski definition) is 5. The number of amides is 1. The van der Waals surface area contributed by atoms with Gasteiger partial charge in [0.15, 0.2) is 11.7 Å². The maximum atomic E-state index is 12.6. The topological polar surface area (TPSA) is 90.4 Å². The normalized spacial score (nSPS) is 17.0. The van der Waals surface area contributed by atoms with Gasteiger partial charge in [0, 0.05) is 37.9 Å². The zero-order chi connectivity index (χ0) is 16.3. The lowest BCUT2D eigenvalue weighted by Gasteiger charge is -2.34. The molecule has 3 N–H and O–H groups in total. The van der Waals surface area contributed by atoms with Crippen LogP contribution in [0.3, 0.4) is 0 Å². The van der Waals surface area contributed by atoms with E-state index in [2.05, 4.69) is 10.3 Å². The molecule has 0 unspecified atom stereocenters. The summed E-state index contributed by atoms with van der Waals surface area (Å²) in [7, 11) is 0. The third-order valence-corrected chi connectivity index (χ3v) is 4.37. The van der Waals surface area contributed by atoms with E-state index in [4.69, 9.17) is 14.9 Å². The summed E-state index contributed by atoms with van der Waals surface area (Å²) in [5.41, 5.74) is 7.00. The van der Waals surface area contributed by atoms with Gasteiger partial charge in [-0.2, -0.15) is 0 Å². The van der Waals surface area contributed by atoms with Gasteiger partial charge in [0.05, 0.1) is 11.6 Å². The molecule has 1 saturated heterocycles. The number of carbonyl (C=O) groups is 1. The molecular formula is C17H21N3O3. The molecule has 1 amide bonds. The third kappa shape index (κ3) is 3.28. The first-order valence-electron chi connectivity index (χ1n) is 7.75. The molecule has 6 heteroatoms. The third-order valence-electron chi connectivity index (χ3n) is 4.37. The van der Waals surface area contributed by atoms with Crippen LogP contribution in [-0.2, 0) is 9.53 Å². The van der Waals surface area contributed by atoms with E-state index >= 15 is 0 Å². The van der Waals surface area contributed by atoms with Crippen molar-refractivity contribution in [2.24, 2.45) is 11.1 Å². The molecule has 2 aromatic rings. The van der Waals surface area contributed by atoms with Crippen molar-refractivity contribution in [1.82, 2.24) is 4.98 Å². The van der Waals surface area contributed by atoms with Crippen molar-refractivity contribution in [2.75, 3.05) is 25.1 Å². The fourth-order valence-electron chi connectivity index (χ4n) is 2.76. The number of rotatable bonds is 4. The van der Waals surface area contributed by atoms with Crippen LogP contribution in [0.1, 0.15) is 18.7 Å². The van der Waals surface area contributed by atoms with Gasteiger partial charge >= 0.3 is 0 Å². The largest absolute Gasteiger partial charge is 0.441 e. The number of benzene rings is 1. The fourth-order valence-corrected chi connectivity index (χ4v) is 2.76. The Morgan fingerprint density at radius 2 is 2.00 bits per heavy atom. The van der Waals surface area contributed by atoms with Crippen LogP contribution >= 0.6 is 0 Å². The molecule has 1 aliphatic rings. The van der Waals surface area contributed by atoms with Gasteiger partial charge < -0.3 is 20.2 Å². The molecule has 0 radical (unpaired) electrons. The molecule has 0 saturated carbocycles. The van der Waals surface area contributed by atoms with Crippen LogP contribution < -0.4 is 11.1 Å². The molecule has 0 bridgehead atoms. The van der Waals surface area contributed by atoms with Crippen LogP contribution in [0.4, 0.5) is 5.69 Å². The van der Waals surface area contributed by atoms with Gasteiger partial charge in [0.25, 0.3) is 0 Å². The van der Waals surface area contributed by atoms with Gasteiger partial charge in [-0.15, -0.1) is 0 Å². The Kier molecular flexibility index (Phi) is 4.45. The molecule has 1 aromatic carbocycles. The summed E-state index contributed by atoms with van der Waals surface area (Å²) in [5, 5.41) is 2.97. The van der Waals surface area contributed by atoms with Gasteiger partial charge in [0.1, 0.15) is 0 Å². The highest BCUT2D eigenvalue weighted by Gasteiger charge is 2.38. The van der Waals surface area contributed by atoms with Crippen molar-refractivity contribution >= 4 is 11.6 Å². The highest BCUT2D eigenvalue weighted by Crippen LogP contribution is 2.31. The Bertz CT molecular complexity index is 673. The summed E-state index contributed by atoms with van der Waals surface area (Å²) >= 11 is 0. The van der Waals surface area contributed by atoms with Crippen LogP contribution in [0.2, 0.25) is 0 Å². The van der Waals surface area contributed by atoms with Crippen molar-refractivity contribution in [1.29, 1.82) is 0 Å². The first-order valence-corrected chi connectivity index (χ1v) is 7.75. The van der Waals surface area contributed by atoms with E-state index in [1.807, 2.05) is 24.3 Å². The zero-order valence-corrected chi connectivity index (χ0v) is 13.2. The molecule has 6 nitrogen and oxygen atoms in total. The quantitative estimate of drug-likeness (QED) is 0.904. The second kappa shape index (κ2) is 6.52. The van der Waals surface area contributed by atoms with E-state index < -0.39 is 5.41 Å². The Balaban J connectivity index is 1.71. The van der Waals surface area contributed by atoms with E-state index in [-0.39, 0.29) is 5.91 Å². The summed E-state index contributed by atoms with van der Waals surface area (Å²) in [6.07, 6.45) is 3.00. The Morgan fingerprint density at radius 1 is 1.30 bits per heavy atom. The molecule has 3 rings (SSSR count). The maximum Gasteiger partial charge on any atom is 0.232 e. The molecular weight excluding hydrogens is 294 g/mol. The number of aryl methyl sites for hydroxylation is 1. The molecule has 0 atom stereocenters. The minimum absolute atomic E-state index is 0.0356. The lowest BCUT2D eigenvalue weighted by Crippen LogP contribution is -2.46. The van der Waals surface area contributed by atoms with Crippen molar-refractivity contribution in [2.45, 2.75) is 19.8 Å².